The van der Waals surface area contributed by atoms with Crippen LogP contribution in [0, 0.1) is 0 Å². The van der Waals surface area contributed by atoms with Gasteiger partial charge in [-0.1, -0.05) is 12.7 Å². The molecule has 0 aromatic carbocycles. The summed E-state index contributed by atoms with van der Waals surface area (Å²) in [5.41, 5.74) is 0.964. The van der Waals surface area contributed by atoms with Crippen LogP contribution in [0.2, 0.25) is 0 Å². The van der Waals surface area contributed by atoms with Gasteiger partial charge in [0.2, 0.25) is 0 Å². The Morgan fingerprint density at radius 3 is 2.29 bits per heavy atom. The minimum atomic E-state index is -0.168. The van der Waals surface area contributed by atoms with Crippen molar-refractivity contribution < 1.29 is 14.9 Å². The summed E-state index contributed by atoms with van der Waals surface area (Å²) in [4.78, 5) is 3.97. The third-order valence-corrected chi connectivity index (χ3v) is 1.60. The third-order valence-electron chi connectivity index (χ3n) is 1.60. The first-order valence-electron chi connectivity index (χ1n) is 4.25. The average Bonchev–Trinajstić information content (AvgIpc) is 2.25. The number of hydrogen-bond acceptors (Lipinski definition) is 4. The molecule has 0 fully saturated rings. The number of pyridine rings is 1. The lowest BCUT2D eigenvalue weighted by Gasteiger charge is -2.06. The van der Waals surface area contributed by atoms with E-state index in [-0.39, 0.29) is 13.2 Å². The normalized spacial score (nSPS) is 9.86. The molecule has 4 nitrogen and oxygen atoms in total. The Hall–Kier alpha value is -1.39. The van der Waals surface area contributed by atoms with E-state index in [1.807, 2.05) is 0 Å². The van der Waals surface area contributed by atoms with Crippen LogP contribution in [0.3, 0.4) is 0 Å². The summed E-state index contributed by atoms with van der Waals surface area (Å²) < 4.78 is 5.26. The number of hydrogen-bond donors (Lipinski definition) is 2. The fourth-order valence-electron chi connectivity index (χ4n) is 1.02. The molecule has 4 heteroatoms. The van der Waals surface area contributed by atoms with Crippen molar-refractivity contribution in [1.29, 1.82) is 0 Å². The molecule has 0 aliphatic rings. The van der Waals surface area contributed by atoms with Gasteiger partial charge < -0.3 is 14.9 Å². The van der Waals surface area contributed by atoms with Crippen molar-refractivity contribution in [2.75, 3.05) is 6.61 Å². The molecular formula is C10H13NO3. The monoisotopic (exact) mass is 195 g/mol. The molecule has 0 amide bonds. The highest BCUT2D eigenvalue weighted by Crippen LogP contribution is 2.14. The molecule has 1 aromatic rings. The van der Waals surface area contributed by atoms with E-state index in [1.54, 1.807) is 18.2 Å². The SMILES string of the molecule is C=CCOc1cc(CO)nc(CO)c1. The topological polar surface area (TPSA) is 62.6 Å². The number of rotatable bonds is 5. The van der Waals surface area contributed by atoms with Gasteiger partial charge in [-0.3, -0.25) is 4.98 Å². The van der Waals surface area contributed by atoms with Gasteiger partial charge in [-0.2, -0.15) is 0 Å². The van der Waals surface area contributed by atoms with E-state index < -0.39 is 0 Å². The standard InChI is InChI=1S/C10H13NO3/c1-2-3-14-10-4-8(6-12)11-9(5-10)7-13/h2,4-5,12-13H,1,3,6-7H2. The van der Waals surface area contributed by atoms with Gasteiger partial charge in [0.15, 0.2) is 0 Å². The zero-order valence-electron chi connectivity index (χ0n) is 7.81. The van der Waals surface area contributed by atoms with Crippen LogP contribution >= 0.6 is 0 Å². The van der Waals surface area contributed by atoms with Crippen molar-refractivity contribution in [3.8, 4) is 5.75 Å². The first-order chi connectivity index (χ1) is 6.80. The largest absolute Gasteiger partial charge is 0.489 e. The first-order valence-corrected chi connectivity index (χ1v) is 4.25. The van der Waals surface area contributed by atoms with Gasteiger partial charge in [-0.05, 0) is 0 Å². The van der Waals surface area contributed by atoms with Gasteiger partial charge in [0.1, 0.15) is 12.4 Å². The smallest absolute Gasteiger partial charge is 0.123 e. The van der Waals surface area contributed by atoms with Gasteiger partial charge in [-0.25, -0.2) is 0 Å². The predicted octanol–water partition coefficient (Wildman–Crippen LogP) is 0.631. The molecule has 0 unspecified atom stereocenters. The first kappa shape index (κ1) is 10.7. The Kier molecular flexibility index (Phi) is 4.10. The van der Waals surface area contributed by atoms with Crippen LogP contribution in [-0.4, -0.2) is 21.8 Å². The molecule has 14 heavy (non-hydrogen) atoms. The van der Waals surface area contributed by atoms with Crippen molar-refractivity contribution in [2.24, 2.45) is 0 Å². The van der Waals surface area contributed by atoms with Crippen LogP contribution in [0.5, 0.6) is 5.75 Å². The summed E-state index contributed by atoms with van der Waals surface area (Å²) >= 11 is 0. The van der Waals surface area contributed by atoms with Gasteiger partial charge in [0, 0.05) is 12.1 Å². The number of nitrogens with zero attached hydrogens (tertiary/aromatic N) is 1. The second-order valence-electron chi connectivity index (χ2n) is 2.70. The summed E-state index contributed by atoms with van der Waals surface area (Å²) in [6.45, 7) is 3.57. The highest BCUT2D eigenvalue weighted by Gasteiger charge is 2.01. The maximum absolute atomic E-state index is 8.89. The van der Waals surface area contributed by atoms with Crippen molar-refractivity contribution >= 4 is 0 Å². The molecule has 0 saturated carbocycles. The van der Waals surface area contributed by atoms with Crippen LogP contribution in [0.4, 0.5) is 0 Å². The fourth-order valence-corrected chi connectivity index (χ4v) is 1.02. The maximum Gasteiger partial charge on any atom is 0.123 e. The minimum Gasteiger partial charge on any atom is -0.489 e. The van der Waals surface area contributed by atoms with E-state index in [2.05, 4.69) is 11.6 Å². The van der Waals surface area contributed by atoms with Crippen LogP contribution < -0.4 is 4.74 Å². The summed E-state index contributed by atoms with van der Waals surface area (Å²) in [7, 11) is 0. The van der Waals surface area contributed by atoms with E-state index in [1.165, 1.54) is 0 Å². The molecule has 0 atom stereocenters. The van der Waals surface area contributed by atoms with E-state index >= 15 is 0 Å². The number of aliphatic hydroxyl groups excluding tert-OH is 2. The fraction of sp³-hybridized carbons (Fsp3) is 0.300. The van der Waals surface area contributed by atoms with Gasteiger partial charge in [0.25, 0.3) is 0 Å². The molecule has 0 radical (unpaired) electrons. The summed E-state index contributed by atoms with van der Waals surface area (Å²) in [6, 6.07) is 3.26. The van der Waals surface area contributed by atoms with Crippen molar-refractivity contribution in [2.45, 2.75) is 13.2 Å². The number of aromatic nitrogens is 1. The Bertz CT molecular complexity index is 290. The molecule has 0 aliphatic carbocycles. The maximum atomic E-state index is 8.89. The molecule has 1 heterocycles. The minimum absolute atomic E-state index is 0.168. The zero-order chi connectivity index (χ0) is 10.4. The van der Waals surface area contributed by atoms with Crippen molar-refractivity contribution in [1.82, 2.24) is 4.98 Å². The summed E-state index contributed by atoms with van der Waals surface area (Å²) in [6.07, 6.45) is 1.62. The molecule has 1 aromatic heterocycles. The van der Waals surface area contributed by atoms with E-state index in [4.69, 9.17) is 14.9 Å². The molecule has 1 rings (SSSR count). The average molecular weight is 195 g/mol. The summed E-state index contributed by atoms with van der Waals surface area (Å²) in [5, 5.41) is 17.8. The van der Waals surface area contributed by atoms with Crippen molar-refractivity contribution in [3.63, 3.8) is 0 Å². The zero-order valence-corrected chi connectivity index (χ0v) is 7.81. The van der Waals surface area contributed by atoms with E-state index in [0.29, 0.717) is 23.7 Å². The predicted molar refractivity (Wildman–Crippen MR) is 51.8 cm³/mol. The van der Waals surface area contributed by atoms with Gasteiger partial charge >= 0.3 is 0 Å². The number of ether oxygens (including phenoxy) is 1. The second-order valence-corrected chi connectivity index (χ2v) is 2.70. The van der Waals surface area contributed by atoms with E-state index in [9.17, 15) is 0 Å². The third kappa shape index (κ3) is 2.83. The van der Waals surface area contributed by atoms with Crippen molar-refractivity contribution in [3.05, 3.63) is 36.2 Å². The second kappa shape index (κ2) is 5.36. The quantitative estimate of drug-likeness (QED) is 0.676. The highest BCUT2D eigenvalue weighted by molar-refractivity contribution is 5.27. The lowest BCUT2D eigenvalue weighted by atomic mass is 10.3. The van der Waals surface area contributed by atoms with Gasteiger partial charge in [-0.15, -0.1) is 0 Å². The van der Waals surface area contributed by atoms with Crippen LogP contribution in [0.1, 0.15) is 11.4 Å². The lowest BCUT2D eigenvalue weighted by molar-refractivity contribution is 0.263. The van der Waals surface area contributed by atoms with Crippen LogP contribution in [0.15, 0.2) is 24.8 Å². The molecule has 0 saturated heterocycles. The Balaban J connectivity index is 2.86. The molecule has 0 spiro atoms. The van der Waals surface area contributed by atoms with Gasteiger partial charge in [0.05, 0.1) is 24.6 Å². The molecule has 0 aliphatic heterocycles. The van der Waals surface area contributed by atoms with Crippen LogP contribution in [0.25, 0.3) is 0 Å². The molecular weight excluding hydrogens is 182 g/mol. The molecule has 0 bridgehead atoms. The Morgan fingerprint density at radius 2 is 1.86 bits per heavy atom. The highest BCUT2D eigenvalue weighted by atomic mass is 16.5. The van der Waals surface area contributed by atoms with E-state index in [0.717, 1.165) is 0 Å². The lowest BCUT2D eigenvalue weighted by Crippen LogP contribution is -2.00. The number of aliphatic hydroxyl groups is 2. The molecule has 2 N–H and O–H groups in total. The molecule has 76 valence electrons. The Morgan fingerprint density at radius 1 is 1.29 bits per heavy atom. The Labute approximate surface area is 82.5 Å². The van der Waals surface area contributed by atoms with Crippen LogP contribution in [-0.2, 0) is 13.2 Å². The summed E-state index contributed by atoms with van der Waals surface area (Å²) in [5.74, 6) is 0.577.